The highest BCUT2D eigenvalue weighted by molar-refractivity contribution is 5.19. The number of ether oxygens (including phenoxy) is 1. The van der Waals surface area contributed by atoms with Crippen molar-refractivity contribution in [3.8, 4) is 0 Å². The van der Waals surface area contributed by atoms with Crippen LogP contribution in [0.25, 0.3) is 0 Å². The summed E-state index contributed by atoms with van der Waals surface area (Å²) in [5.74, 6) is 0.718. The van der Waals surface area contributed by atoms with Gasteiger partial charge in [0, 0.05) is 30.5 Å². The Morgan fingerprint density at radius 3 is 3.00 bits per heavy atom. The summed E-state index contributed by atoms with van der Waals surface area (Å²) in [7, 11) is 0. The molecule has 1 aromatic rings. The van der Waals surface area contributed by atoms with E-state index < -0.39 is 6.10 Å². The van der Waals surface area contributed by atoms with Gasteiger partial charge in [-0.15, -0.1) is 0 Å². The summed E-state index contributed by atoms with van der Waals surface area (Å²) >= 11 is 0. The van der Waals surface area contributed by atoms with E-state index in [-0.39, 0.29) is 6.10 Å². The smallest absolute Gasteiger partial charge is 0.158 e. The number of rotatable bonds is 3. The molecular formula is C13H21N3O2. The maximum Gasteiger partial charge on any atom is 0.158 e. The summed E-state index contributed by atoms with van der Waals surface area (Å²) in [6.07, 6.45) is 1.12. The van der Waals surface area contributed by atoms with Crippen molar-refractivity contribution in [2.45, 2.75) is 33.0 Å². The molecule has 1 fully saturated rings. The Bertz CT molecular complexity index is 409. The topological polar surface area (TPSA) is 58.5 Å². The third-order valence-electron chi connectivity index (χ3n) is 3.37. The minimum atomic E-state index is -0.529. The van der Waals surface area contributed by atoms with Crippen LogP contribution in [0.4, 0.5) is 0 Å². The molecule has 2 heterocycles. The van der Waals surface area contributed by atoms with E-state index in [1.54, 1.807) is 13.1 Å². The van der Waals surface area contributed by atoms with E-state index in [4.69, 9.17) is 4.74 Å². The monoisotopic (exact) mass is 251 g/mol. The zero-order valence-electron chi connectivity index (χ0n) is 11.3. The molecule has 1 aromatic heterocycles. The number of morpholine rings is 1. The van der Waals surface area contributed by atoms with Crippen LogP contribution in [0.1, 0.15) is 43.1 Å². The molecule has 2 atom stereocenters. The van der Waals surface area contributed by atoms with Crippen LogP contribution >= 0.6 is 0 Å². The van der Waals surface area contributed by atoms with Crippen LogP contribution in [0.3, 0.4) is 0 Å². The molecule has 0 bridgehead atoms. The number of aliphatic hydroxyl groups is 1. The minimum absolute atomic E-state index is 0.0551. The van der Waals surface area contributed by atoms with Crippen LogP contribution in [-0.2, 0) is 4.74 Å². The summed E-state index contributed by atoms with van der Waals surface area (Å²) in [5.41, 5.74) is 1.61. The lowest BCUT2D eigenvalue weighted by Gasteiger charge is -2.31. The SMILES string of the molecule is CCN1CCOC(c2ncc([C@@H](C)O)c(C)n2)C1. The van der Waals surface area contributed by atoms with Gasteiger partial charge in [0.2, 0.25) is 0 Å². The van der Waals surface area contributed by atoms with E-state index in [2.05, 4.69) is 21.8 Å². The van der Waals surface area contributed by atoms with Gasteiger partial charge in [0.05, 0.1) is 12.7 Å². The lowest BCUT2D eigenvalue weighted by atomic mass is 10.1. The van der Waals surface area contributed by atoms with Gasteiger partial charge in [-0.1, -0.05) is 6.92 Å². The number of nitrogens with zero attached hydrogens (tertiary/aromatic N) is 3. The van der Waals surface area contributed by atoms with E-state index >= 15 is 0 Å². The predicted octanol–water partition coefficient (Wildman–Crippen LogP) is 1.23. The highest BCUT2D eigenvalue weighted by Crippen LogP contribution is 2.21. The molecule has 5 heteroatoms. The molecule has 1 aliphatic heterocycles. The number of aryl methyl sites for hydroxylation is 1. The van der Waals surface area contributed by atoms with Crippen molar-refractivity contribution in [3.05, 3.63) is 23.3 Å². The van der Waals surface area contributed by atoms with Crippen LogP contribution in [0, 0.1) is 6.92 Å². The second kappa shape index (κ2) is 5.73. The summed E-state index contributed by atoms with van der Waals surface area (Å²) in [5, 5.41) is 9.57. The molecule has 1 unspecified atom stereocenters. The summed E-state index contributed by atoms with van der Waals surface area (Å²) < 4.78 is 5.72. The second-order valence-corrected chi connectivity index (χ2v) is 4.70. The molecule has 0 aliphatic carbocycles. The van der Waals surface area contributed by atoms with E-state index in [0.29, 0.717) is 0 Å². The normalized spacial score (nSPS) is 23.0. The van der Waals surface area contributed by atoms with E-state index in [9.17, 15) is 5.11 Å². The van der Waals surface area contributed by atoms with Crippen molar-refractivity contribution in [1.29, 1.82) is 0 Å². The quantitative estimate of drug-likeness (QED) is 0.875. The standard InChI is InChI=1S/C13H21N3O2/c1-4-16-5-6-18-12(8-16)13-14-7-11(10(3)17)9(2)15-13/h7,10,12,17H,4-6,8H2,1-3H3/t10-,12?/m1/s1. The first-order valence-electron chi connectivity index (χ1n) is 6.47. The lowest BCUT2D eigenvalue weighted by Crippen LogP contribution is -2.38. The van der Waals surface area contributed by atoms with E-state index in [1.165, 1.54) is 0 Å². The van der Waals surface area contributed by atoms with Gasteiger partial charge in [-0.3, -0.25) is 4.90 Å². The Kier molecular flexibility index (Phi) is 4.27. The van der Waals surface area contributed by atoms with Gasteiger partial charge in [-0.2, -0.15) is 0 Å². The predicted molar refractivity (Wildman–Crippen MR) is 68.2 cm³/mol. The fourth-order valence-corrected chi connectivity index (χ4v) is 2.21. The van der Waals surface area contributed by atoms with Crippen molar-refractivity contribution in [1.82, 2.24) is 14.9 Å². The van der Waals surface area contributed by atoms with Gasteiger partial charge in [0.1, 0.15) is 6.10 Å². The molecule has 0 amide bonds. The molecule has 100 valence electrons. The summed E-state index contributed by atoms with van der Waals surface area (Å²) in [6.45, 7) is 9.31. The number of aromatic nitrogens is 2. The Hall–Kier alpha value is -1.04. The average molecular weight is 251 g/mol. The van der Waals surface area contributed by atoms with Gasteiger partial charge < -0.3 is 9.84 Å². The van der Waals surface area contributed by atoms with E-state index in [1.807, 2.05) is 6.92 Å². The average Bonchev–Trinajstić information content (AvgIpc) is 2.38. The summed E-state index contributed by atoms with van der Waals surface area (Å²) in [4.78, 5) is 11.1. The van der Waals surface area contributed by atoms with Crippen molar-refractivity contribution < 1.29 is 9.84 Å². The largest absolute Gasteiger partial charge is 0.389 e. The first-order chi connectivity index (χ1) is 8.61. The number of hydrogen-bond acceptors (Lipinski definition) is 5. The van der Waals surface area contributed by atoms with Crippen LogP contribution in [0.15, 0.2) is 6.20 Å². The molecule has 0 spiro atoms. The molecule has 0 radical (unpaired) electrons. The molecule has 0 saturated carbocycles. The highest BCUT2D eigenvalue weighted by atomic mass is 16.5. The lowest BCUT2D eigenvalue weighted by molar-refractivity contribution is -0.0327. The molecule has 18 heavy (non-hydrogen) atoms. The second-order valence-electron chi connectivity index (χ2n) is 4.70. The van der Waals surface area contributed by atoms with Crippen LogP contribution in [0.5, 0.6) is 0 Å². The third-order valence-corrected chi connectivity index (χ3v) is 3.37. The Balaban J connectivity index is 2.16. The minimum Gasteiger partial charge on any atom is -0.389 e. The molecule has 1 aliphatic rings. The fourth-order valence-electron chi connectivity index (χ4n) is 2.21. The first kappa shape index (κ1) is 13.4. The van der Waals surface area contributed by atoms with Gasteiger partial charge >= 0.3 is 0 Å². The molecule has 2 rings (SSSR count). The summed E-state index contributed by atoms with van der Waals surface area (Å²) in [6, 6.07) is 0. The van der Waals surface area contributed by atoms with Crippen molar-refractivity contribution >= 4 is 0 Å². The van der Waals surface area contributed by atoms with Gasteiger partial charge in [-0.25, -0.2) is 9.97 Å². The number of likely N-dealkylation sites (N-methyl/N-ethyl adjacent to an activating group) is 1. The maximum atomic E-state index is 9.57. The maximum absolute atomic E-state index is 9.57. The fraction of sp³-hybridized carbons (Fsp3) is 0.692. The Labute approximate surface area is 108 Å². The Morgan fingerprint density at radius 2 is 2.39 bits per heavy atom. The highest BCUT2D eigenvalue weighted by Gasteiger charge is 2.23. The first-order valence-corrected chi connectivity index (χ1v) is 6.47. The molecule has 1 saturated heterocycles. The van der Waals surface area contributed by atoms with Crippen LogP contribution in [0.2, 0.25) is 0 Å². The molecule has 5 nitrogen and oxygen atoms in total. The zero-order valence-corrected chi connectivity index (χ0v) is 11.3. The Morgan fingerprint density at radius 1 is 1.61 bits per heavy atom. The molecular weight excluding hydrogens is 230 g/mol. The number of hydrogen-bond donors (Lipinski definition) is 1. The molecule has 1 N–H and O–H groups in total. The van der Waals surface area contributed by atoms with E-state index in [0.717, 1.165) is 43.3 Å². The van der Waals surface area contributed by atoms with Crippen LogP contribution in [-0.4, -0.2) is 46.2 Å². The third kappa shape index (κ3) is 2.85. The number of aliphatic hydroxyl groups excluding tert-OH is 1. The van der Waals surface area contributed by atoms with Gasteiger partial charge in [0.25, 0.3) is 0 Å². The van der Waals surface area contributed by atoms with Crippen molar-refractivity contribution in [2.75, 3.05) is 26.2 Å². The van der Waals surface area contributed by atoms with Crippen LogP contribution < -0.4 is 0 Å². The van der Waals surface area contributed by atoms with Crippen molar-refractivity contribution in [2.24, 2.45) is 0 Å². The van der Waals surface area contributed by atoms with Gasteiger partial charge in [0.15, 0.2) is 5.82 Å². The van der Waals surface area contributed by atoms with Crippen molar-refractivity contribution in [3.63, 3.8) is 0 Å². The zero-order chi connectivity index (χ0) is 13.1. The van der Waals surface area contributed by atoms with Gasteiger partial charge in [-0.05, 0) is 20.4 Å². The molecule has 0 aromatic carbocycles.